The lowest BCUT2D eigenvalue weighted by Crippen LogP contribution is -2.23. The smallest absolute Gasteiger partial charge is 0.223 e. The molecule has 1 atom stereocenters. The molecule has 1 amide bonds. The first kappa shape index (κ1) is 18.3. The van der Waals surface area contributed by atoms with Crippen molar-refractivity contribution in [1.82, 2.24) is 9.55 Å². The van der Waals surface area contributed by atoms with Gasteiger partial charge in [0.25, 0.3) is 0 Å². The zero-order valence-corrected chi connectivity index (χ0v) is 16.4. The number of nitrogens with zero attached hydrogens (tertiary/aromatic N) is 3. The van der Waals surface area contributed by atoms with Crippen LogP contribution in [0.3, 0.4) is 0 Å². The maximum absolute atomic E-state index is 13.6. The second kappa shape index (κ2) is 6.82. The molecule has 4 rings (SSSR count). The summed E-state index contributed by atoms with van der Waals surface area (Å²) in [6.45, 7) is 3.99. The van der Waals surface area contributed by atoms with E-state index in [2.05, 4.69) is 5.32 Å². The number of amides is 1. The number of anilines is 2. The number of rotatable bonds is 3. The van der Waals surface area contributed by atoms with Gasteiger partial charge in [0, 0.05) is 44.8 Å². The van der Waals surface area contributed by atoms with Crippen LogP contribution in [0.4, 0.5) is 15.8 Å². The number of hydrogen-bond acceptors (Lipinski definition) is 4. The lowest BCUT2D eigenvalue weighted by Gasteiger charge is -2.28. The lowest BCUT2D eigenvalue weighted by atomic mass is 10.00. The van der Waals surface area contributed by atoms with Crippen LogP contribution in [0, 0.1) is 12.7 Å². The van der Waals surface area contributed by atoms with Gasteiger partial charge in [-0.1, -0.05) is 6.07 Å². The fraction of sp³-hybridized carbons (Fsp3) is 0.333. The maximum Gasteiger partial charge on any atom is 0.223 e. The van der Waals surface area contributed by atoms with Crippen LogP contribution in [0.15, 0.2) is 30.3 Å². The van der Waals surface area contributed by atoms with Crippen LogP contribution >= 0.6 is 0 Å². The molecule has 1 unspecified atom stereocenters. The Bertz CT molecular complexity index is 1080. The first-order chi connectivity index (χ1) is 13.3. The van der Waals surface area contributed by atoms with Gasteiger partial charge in [-0.15, -0.1) is 0 Å². The van der Waals surface area contributed by atoms with E-state index in [1.54, 1.807) is 18.0 Å². The largest absolute Gasteiger partial charge is 0.493 e. The molecule has 0 aliphatic carbocycles. The number of nitrogens with one attached hydrogen (secondary N) is 1. The molecule has 0 bridgehead atoms. The fourth-order valence-electron chi connectivity index (χ4n) is 3.58. The molecular formula is C21H23FN4O2. The van der Waals surface area contributed by atoms with Gasteiger partial charge in [-0.25, -0.2) is 9.37 Å². The number of carbonyl (C=O) groups excluding carboxylic acids is 1. The average Bonchev–Trinajstić information content (AvgIpc) is 2.95. The van der Waals surface area contributed by atoms with E-state index in [1.165, 1.54) is 19.1 Å². The van der Waals surface area contributed by atoms with Crippen LogP contribution in [0.25, 0.3) is 11.0 Å². The Kier molecular flexibility index (Phi) is 4.45. The summed E-state index contributed by atoms with van der Waals surface area (Å²) in [5.41, 5.74) is 4.33. The van der Waals surface area contributed by atoms with Gasteiger partial charge < -0.3 is 19.5 Å². The molecule has 1 N–H and O–H groups in total. The predicted molar refractivity (Wildman–Crippen MR) is 107 cm³/mol. The Morgan fingerprint density at radius 3 is 2.89 bits per heavy atom. The van der Waals surface area contributed by atoms with E-state index in [0.29, 0.717) is 12.4 Å². The first-order valence-corrected chi connectivity index (χ1v) is 9.25. The number of halogens is 1. The van der Waals surface area contributed by atoms with Crippen LogP contribution < -0.4 is 15.0 Å². The van der Waals surface area contributed by atoms with Gasteiger partial charge in [-0.05, 0) is 25.1 Å². The van der Waals surface area contributed by atoms with Crippen molar-refractivity contribution in [3.05, 3.63) is 47.5 Å². The summed E-state index contributed by atoms with van der Waals surface area (Å²) in [4.78, 5) is 18.2. The molecule has 28 heavy (non-hydrogen) atoms. The Morgan fingerprint density at radius 1 is 1.36 bits per heavy atom. The van der Waals surface area contributed by atoms with E-state index in [9.17, 15) is 9.18 Å². The molecule has 0 fully saturated rings. The van der Waals surface area contributed by atoms with Gasteiger partial charge in [0.15, 0.2) is 0 Å². The molecule has 1 aromatic heterocycles. The van der Waals surface area contributed by atoms with Crippen LogP contribution in [0.2, 0.25) is 0 Å². The van der Waals surface area contributed by atoms with Crippen molar-refractivity contribution in [3.8, 4) is 5.75 Å². The molecule has 0 saturated heterocycles. The zero-order chi connectivity index (χ0) is 20.0. The molecular weight excluding hydrogens is 359 g/mol. The molecule has 1 aliphatic heterocycles. The third-order valence-corrected chi connectivity index (χ3v) is 5.40. The standard InChI is InChI=1S/C21H23FN4O2/c1-12-23-21-18(10-15(26(4)13(2)27)11-19(21)25(12)3)24-17-7-8-28-20-9-14(22)5-6-16(17)20/h5-6,9-11,17,24H,7-8H2,1-4H3. The Balaban J connectivity index is 1.81. The highest BCUT2D eigenvalue weighted by Crippen LogP contribution is 2.37. The summed E-state index contributed by atoms with van der Waals surface area (Å²) in [5.74, 6) is 1.09. The molecule has 6 nitrogen and oxygen atoms in total. The maximum atomic E-state index is 13.6. The predicted octanol–water partition coefficient (Wildman–Crippen LogP) is 3.94. The van der Waals surface area contributed by atoms with Crippen molar-refractivity contribution in [2.45, 2.75) is 26.3 Å². The van der Waals surface area contributed by atoms with Crippen molar-refractivity contribution in [2.24, 2.45) is 7.05 Å². The number of hydrogen-bond donors (Lipinski definition) is 1. The van der Waals surface area contributed by atoms with E-state index in [1.807, 2.05) is 30.7 Å². The summed E-state index contributed by atoms with van der Waals surface area (Å²) in [6, 6.07) is 8.50. The summed E-state index contributed by atoms with van der Waals surface area (Å²) in [6.07, 6.45) is 0.749. The number of aryl methyl sites for hydroxylation is 2. The normalized spacial score (nSPS) is 15.8. The topological polar surface area (TPSA) is 59.4 Å². The van der Waals surface area contributed by atoms with Crippen molar-refractivity contribution in [1.29, 1.82) is 0 Å². The summed E-state index contributed by atoms with van der Waals surface area (Å²) in [5, 5.41) is 3.56. The van der Waals surface area contributed by atoms with Crippen molar-refractivity contribution in [3.63, 3.8) is 0 Å². The fourth-order valence-corrected chi connectivity index (χ4v) is 3.58. The first-order valence-electron chi connectivity index (χ1n) is 9.25. The third-order valence-electron chi connectivity index (χ3n) is 5.40. The number of imidazole rings is 1. The van der Waals surface area contributed by atoms with Crippen LogP contribution in [0.5, 0.6) is 5.75 Å². The Labute approximate surface area is 162 Å². The zero-order valence-electron chi connectivity index (χ0n) is 16.4. The summed E-state index contributed by atoms with van der Waals surface area (Å²) in [7, 11) is 3.71. The van der Waals surface area contributed by atoms with Crippen molar-refractivity contribution < 1.29 is 13.9 Å². The monoisotopic (exact) mass is 382 g/mol. The highest BCUT2D eigenvalue weighted by Gasteiger charge is 2.24. The van der Waals surface area contributed by atoms with Crippen molar-refractivity contribution >= 4 is 28.3 Å². The number of aromatic nitrogens is 2. The number of fused-ring (bicyclic) bond motifs is 2. The molecule has 0 saturated carbocycles. The highest BCUT2D eigenvalue weighted by molar-refractivity contribution is 5.98. The van der Waals surface area contributed by atoms with E-state index < -0.39 is 0 Å². The average molecular weight is 382 g/mol. The molecule has 7 heteroatoms. The molecule has 0 spiro atoms. The van der Waals surface area contributed by atoms with E-state index >= 15 is 0 Å². The van der Waals surface area contributed by atoms with Crippen LogP contribution in [0.1, 0.15) is 30.8 Å². The molecule has 1 aliphatic rings. The summed E-state index contributed by atoms with van der Waals surface area (Å²) >= 11 is 0. The van der Waals surface area contributed by atoms with Gasteiger partial charge >= 0.3 is 0 Å². The molecule has 2 aromatic carbocycles. The third kappa shape index (κ3) is 3.06. The van der Waals surface area contributed by atoms with Crippen molar-refractivity contribution in [2.75, 3.05) is 23.9 Å². The summed E-state index contributed by atoms with van der Waals surface area (Å²) < 4.78 is 21.2. The van der Waals surface area contributed by atoms with Gasteiger partial charge in [-0.2, -0.15) is 0 Å². The number of ether oxygens (including phenoxy) is 1. The van der Waals surface area contributed by atoms with Gasteiger partial charge in [0.2, 0.25) is 5.91 Å². The molecule has 0 radical (unpaired) electrons. The minimum absolute atomic E-state index is 0.0345. The minimum Gasteiger partial charge on any atom is -0.493 e. The SMILES string of the molecule is CC(=O)N(C)c1cc(NC2CCOc3cc(F)ccc32)c2nc(C)n(C)c2c1. The van der Waals surface area contributed by atoms with Gasteiger partial charge in [-0.3, -0.25) is 4.79 Å². The molecule has 146 valence electrons. The Hall–Kier alpha value is -3.09. The van der Waals surface area contributed by atoms with Gasteiger partial charge in [0.1, 0.15) is 22.9 Å². The van der Waals surface area contributed by atoms with Gasteiger partial charge in [0.05, 0.1) is 23.9 Å². The Morgan fingerprint density at radius 2 is 2.14 bits per heavy atom. The molecule has 3 aromatic rings. The van der Waals surface area contributed by atoms with E-state index in [0.717, 1.165) is 40.2 Å². The molecule has 2 heterocycles. The number of carbonyl (C=O) groups is 1. The second-order valence-corrected chi connectivity index (χ2v) is 7.17. The minimum atomic E-state index is -0.313. The lowest BCUT2D eigenvalue weighted by molar-refractivity contribution is -0.116. The van der Waals surface area contributed by atoms with E-state index in [-0.39, 0.29) is 17.8 Å². The number of benzene rings is 2. The van der Waals surface area contributed by atoms with Crippen LogP contribution in [-0.2, 0) is 11.8 Å². The highest BCUT2D eigenvalue weighted by atomic mass is 19.1. The second-order valence-electron chi connectivity index (χ2n) is 7.17. The van der Waals surface area contributed by atoms with E-state index in [4.69, 9.17) is 9.72 Å². The van der Waals surface area contributed by atoms with Crippen LogP contribution in [-0.4, -0.2) is 29.1 Å². The quantitative estimate of drug-likeness (QED) is 0.745.